The van der Waals surface area contributed by atoms with Gasteiger partial charge in [-0.15, -0.1) is 0 Å². The second kappa shape index (κ2) is 7.00. The zero-order chi connectivity index (χ0) is 19.0. The van der Waals surface area contributed by atoms with E-state index in [0.717, 1.165) is 35.8 Å². The molecule has 1 aliphatic heterocycles. The molecule has 6 heteroatoms. The summed E-state index contributed by atoms with van der Waals surface area (Å²) < 4.78 is 11.3. The number of ether oxygens (including phenoxy) is 1. The number of hydrogen-bond acceptors (Lipinski definition) is 4. The first kappa shape index (κ1) is 18.0. The van der Waals surface area contributed by atoms with Gasteiger partial charge in [-0.1, -0.05) is 19.3 Å². The second-order valence-electron chi connectivity index (χ2n) is 7.97. The van der Waals surface area contributed by atoms with Crippen LogP contribution in [0.5, 0.6) is 0 Å². The summed E-state index contributed by atoms with van der Waals surface area (Å²) in [6.07, 6.45) is 6.79. The van der Waals surface area contributed by atoms with Crippen molar-refractivity contribution in [3.8, 4) is 0 Å². The molecular formula is C21H26N2O4. The van der Waals surface area contributed by atoms with Crippen molar-refractivity contribution >= 4 is 22.7 Å². The summed E-state index contributed by atoms with van der Waals surface area (Å²) in [6, 6.07) is 4.92. The maximum atomic E-state index is 12.5. The number of benzene rings is 1. The first-order valence-corrected chi connectivity index (χ1v) is 9.71. The molecule has 0 unspecified atom stereocenters. The van der Waals surface area contributed by atoms with Gasteiger partial charge in [0.15, 0.2) is 0 Å². The molecule has 1 spiro atoms. The average Bonchev–Trinajstić information content (AvgIpc) is 2.98. The molecule has 1 saturated heterocycles. The Kier molecular flexibility index (Phi) is 4.68. The minimum absolute atomic E-state index is 0.0241. The van der Waals surface area contributed by atoms with Gasteiger partial charge in [-0.05, 0) is 56.4 Å². The number of hydrogen-bond donors (Lipinski definition) is 2. The van der Waals surface area contributed by atoms with Crippen molar-refractivity contribution < 1.29 is 13.9 Å². The van der Waals surface area contributed by atoms with Crippen molar-refractivity contribution in [2.75, 3.05) is 11.9 Å². The maximum Gasteiger partial charge on any atom is 0.336 e. The third-order valence-corrected chi connectivity index (χ3v) is 5.85. The molecule has 0 radical (unpaired) electrons. The molecule has 2 heterocycles. The van der Waals surface area contributed by atoms with Crippen LogP contribution >= 0.6 is 0 Å². The summed E-state index contributed by atoms with van der Waals surface area (Å²) in [7, 11) is 0. The van der Waals surface area contributed by atoms with Crippen molar-refractivity contribution in [1.82, 2.24) is 5.32 Å². The van der Waals surface area contributed by atoms with Crippen molar-refractivity contribution in [2.45, 2.75) is 64.0 Å². The molecule has 0 bridgehead atoms. The zero-order valence-electron chi connectivity index (χ0n) is 15.9. The van der Waals surface area contributed by atoms with Crippen LogP contribution in [0, 0.1) is 13.8 Å². The molecule has 2 fully saturated rings. The Morgan fingerprint density at radius 2 is 1.89 bits per heavy atom. The SMILES string of the molecule is Cc1cc2oc(=O)cc(C)c2cc1NC(=O)N[C@@H]1COC2(CCCCC2)C1. The number of nitrogens with one attached hydrogen (secondary N) is 2. The third kappa shape index (κ3) is 3.72. The minimum Gasteiger partial charge on any atom is -0.423 e. The first-order valence-electron chi connectivity index (χ1n) is 9.71. The molecule has 1 atom stereocenters. The van der Waals surface area contributed by atoms with Crippen LogP contribution in [0.15, 0.2) is 27.4 Å². The van der Waals surface area contributed by atoms with Crippen molar-refractivity contribution in [3.63, 3.8) is 0 Å². The van der Waals surface area contributed by atoms with Gasteiger partial charge in [0, 0.05) is 17.1 Å². The molecule has 2 aliphatic rings. The van der Waals surface area contributed by atoms with Gasteiger partial charge in [0.1, 0.15) is 5.58 Å². The molecule has 6 nitrogen and oxygen atoms in total. The molecule has 2 amide bonds. The number of rotatable bonds is 2. The fourth-order valence-corrected chi connectivity index (χ4v) is 4.43. The Morgan fingerprint density at radius 1 is 1.11 bits per heavy atom. The lowest BCUT2D eigenvalue weighted by Gasteiger charge is -2.32. The lowest BCUT2D eigenvalue weighted by molar-refractivity contribution is -0.0245. The zero-order valence-corrected chi connectivity index (χ0v) is 15.9. The monoisotopic (exact) mass is 370 g/mol. The van der Waals surface area contributed by atoms with Gasteiger partial charge in [-0.25, -0.2) is 9.59 Å². The molecule has 1 aromatic carbocycles. The summed E-state index contributed by atoms with van der Waals surface area (Å²) in [5.74, 6) is 0. The van der Waals surface area contributed by atoms with Gasteiger partial charge in [0.25, 0.3) is 0 Å². The minimum atomic E-state index is -0.365. The number of amides is 2. The van der Waals surface area contributed by atoms with Gasteiger partial charge >= 0.3 is 11.7 Å². The Bertz CT molecular complexity index is 928. The molecule has 27 heavy (non-hydrogen) atoms. The number of anilines is 1. The fraction of sp³-hybridized carbons (Fsp3) is 0.524. The van der Waals surface area contributed by atoms with E-state index in [2.05, 4.69) is 10.6 Å². The van der Waals surface area contributed by atoms with E-state index in [0.29, 0.717) is 17.9 Å². The van der Waals surface area contributed by atoms with E-state index in [4.69, 9.17) is 9.15 Å². The topological polar surface area (TPSA) is 80.6 Å². The van der Waals surface area contributed by atoms with Gasteiger partial charge in [0.05, 0.1) is 18.2 Å². The standard InChI is InChI=1S/C21H26N2O4/c1-13-9-19(24)27-18-8-14(2)17(10-16(13)18)23-20(25)22-15-11-21(26-12-15)6-4-3-5-7-21/h8-10,15H,3-7,11-12H2,1-2H3,(H2,22,23,25)/t15-/m0/s1. The van der Waals surface area contributed by atoms with Gasteiger partial charge in [-0.2, -0.15) is 0 Å². The van der Waals surface area contributed by atoms with Crippen molar-refractivity contribution in [3.05, 3.63) is 39.7 Å². The van der Waals surface area contributed by atoms with E-state index in [9.17, 15) is 9.59 Å². The Balaban J connectivity index is 1.45. The van der Waals surface area contributed by atoms with Crippen LogP contribution in [-0.2, 0) is 4.74 Å². The van der Waals surface area contributed by atoms with E-state index < -0.39 is 0 Å². The smallest absolute Gasteiger partial charge is 0.336 e. The summed E-state index contributed by atoms with van der Waals surface area (Å²) in [5, 5.41) is 6.81. The highest BCUT2D eigenvalue weighted by Crippen LogP contribution is 2.39. The fourth-order valence-electron chi connectivity index (χ4n) is 4.43. The van der Waals surface area contributed by atoms with Crippen molar-refractivity contribution in [1.29, 1.82) is 0 Å². The van der Waals surface area contributed by atoms with Crippen LogP contribution < -0.4 is 16.3 Å². The number of carbonyl (C=O) groups excluding carboxylic acids is 1. The number of aryl methyl sites for hydroxylation is 2. The number of carbonyl (C=O) groups is 1. The lowest BCUT2D eigenvalue weighted by atomic mass is 9.82. The maximum absolute atomic E-state index is 12.5. The van der Waals surface area contributed by atoms with Crippen LogP contribution in [0.4, 0.5) is 10.5 Å². The summed E-state index contributed by atoms with van der Waals surface area (Å²) in [5.41, 5.74) is 2.53. The number of urea groups is 1. The van der Waals surface area contributed by atoms with E-state index in [1.807, 2.05) is 19.9 Å². The Labute approximate surface area is 158 Å². The summed E-state index contributed by atoms with van der Waals surface area (Å²) >= 11 is 0. The highest BCUT2D eigenvalue weighted by molar-refractivity contribution is 5.94. The third-order valence-electron chi connectivity index (χ3n) is 5.85. The van der Waals surface area contributed by atoms with E-state index in [1.165, 1.54) is 25.3 Å². The van der Waals surface area contributed by atoms with Crippen molar-refractivity contribution in [2.24, 2.45) is 0 Å². The predicted octanol–water partition coefficient (Wildman–Crippen LogP) is 4.02. The Morgan fingerprint density at radius 3 is 2.67 bits per heavy atom. The van der Waals surface area contributed by atoms with E-state index in [1.54, 1.807) is 6.07 Å². The summed E-state index contributed by atoms with van der Waals surface area (Å²) in [6.45, 7) is 4.32. The van der Waals surface area contributed by atoms with E-state index >= 15 is 0 Å². The lowest BCUT2D eigenvalue weighted by Crippen LogP contribution is -2.39. The molecule has 1 saturated carbocycles. The average molecular weight is 370 g/mol. The molecule has 1 aliphatic carbocycles. The molecule has 144 valence electrons. The Hall–Kier alpha value is -2.34. The van der Waals surface area contributed by atoms with Crippen LogP contribution in [0.3, 0.4) is 0 Å². The molecule has 2 aromatic rings. The highest BCUT2D eigenvalue weighted by atomic mass is 16.5. The van der Waals surface area contributed by atoms with E-state index in [-0.39, 0.29) is 23.3 Å². The molecular weight excluding hydrogens is 344 g/mol. The summed E-state index contributed by atoms with van der Waals surface area (Å²) in [4.78, 5) is 24.1. The second-order valence-corrected chi connectivity index (χ2v) is 7.97. The molecule has 4 rings (SSSR count). The van der Waals surface area contributed by atoms with Crippen LogP contribution in [0.1, 0.15) is 49.7 Å². The van der Waals surface area contributed by atoms with Gasteiger partial charge in [-0.3, -0.25) is 0 Å². The van der Waals surface area contributed by atoms with Gasteiger partial charge < -0.3 is 19.8 Å². The number of fused-ring (bicyclic) bond motifs is 1. The normalized spacial score (nSPS) is 21.5. The molecule has 1 aromatic heterocycles. The quantitative estimate of drug-likeness (QED) is 0.783. The van der Waals surface area contributed by atoms with Crippen LogP contribution in [0.2, 0.25) is 0 Å². The molecule has 2 N–H and O–H groups in total. The predicted molar refractivity (Wildman–Crippen MR) is 104 cm³/mol. The highest BCUT2D eigenvalue weighted by Gasteiger charge is 2.41. The van der Waals surface area contributed by atoms with Crippen LogP contribution in [-0.4, -0.2) is 24.3 Å². The largest absolute Gasteiger partial charge is 0.423 e. The van der Waals surface area contributed by atoms with Gasteiger partial charge in [0.2, 0.25) is 0 Å². The first-order chi connectivity index (χ1) is 12.9. The van der Waals surface area contributed by atoms with Crippen LogP contribution in [0.25, 0.3) is 11.0 Å².